The van der Waals surface area contributed by atoms with Gasteiger partial charge in [-0.15, -0.1) is 11.6 Å². The van der Waals surface area contributed by atoms with Crippen LogP contribution in [0.5, 0.6) is 0 Å². The van der Waals surface area contributed by atoms with E-state index in [1.54, 1.807) is 0 Å². The molecule has 0 aromatic heterocycles. The van der Waals surface area contributed by atoms with Crippen molar-refractivity contribution < 1.29 is 35.1 Å². The molecule has 0 fully saturated rings. The zero-order chi connectivity index (χ0) is 14.3. The maximum Gasteiger partial charge on any atom is 0.455 e. The molecule has 0 aliphatic carbocycles. The zero-order valence-corrected chi connectivity index (χ0v) is 8.89. The van der Waals surface area contributed by atoms with Gasteiger partial charge in [-0.1, -0.05) is 0 Å². The van der Waals surface area contributed by atoms with Gasteiger partial charge in [0.1, 0.15) is 22.8 Å². The molecule has 102 valence electrons. The maximum absolute atomic E-state index is 13.0. The van der Waals surface area contributed by atoms with E-state index in [-0.39, 0.29) is 12.1 Å². The highest BCUT2D eigenvalue weighted by Gasteiger charge is 2.63. The van der Waals surface area contributed by atoms with E-state index in [1.165, 1.54) is 0 Å². The summed E-state index contributed by atoms with van der Waals surface area (Å²) in [7, 11) is 0. The minimum absolute atomic E-state index is 0.0414. The summed E-state index contributed by atoms with van der Waals surface area (Å²) in [5.74, 6) is -10.9. The van der Waals surface area contributed by atoms with Crippen LogP contribution in [0, 0.1) is 17.5 Å². The fourth-order valence-electron chi connectivity index (χ4n) is 1.12. The third kappa shape index (κ3) is 2.52. The lowest BCUT2D eigenvalue weighted by Crippen LogP contribution is -2.40. The fraction of sp³-hybridized carbons (Fsp3) is 0.333. The van der Waals surface area contributed by atoms with Gasteiger partial charge in [0.15, 0.2) is 0 Å². The summed E-state index contributed by atoms with van der Waals surface area (Å²) in [5.41, 5.74) is -1.74. The molecule has 0 amide bonds. The van der Waals surface area contributed by atoms with Crippen LogP contribution in [0.25, 0.3) is 0 Å². The van der Waals surface area contributed by atoms with Crippen molar-refractivity contribution in [2.45, 2.75) is 17.5 Å². The number of rotatable bonds is 2. The number of alkyl halides is 6. The molecule has 0 spiro atoms. The van der Waals surface area contributed by atoms with Crippen LogP contribution in [-0.2, 0) is 0 Å². The second kappa shape index (κ2) is 4.56. The minimum atomic E-state index is -6.09. The molecule has 0 aliphatic rings. The van der Waals surface area contributed by atoms with Crippen molar-refractivity contribution in [2.75, 3.05) is 0 Å². The molecule has 0 aliphatic heterocycles. The third-order valence-corrected chi connectivity index (χ3v) is 2.49. The summed E-state index contributed by atoms with van der Waals surface area (Å²) >= 11 is 4.77. The van der Waals surface area contributed by atoms with Crippen molar-refractivity contribution in [1.29, 1.82) is 0 Å². The van der Waals surface area contributed by atoms with Crippen LogP contribution in [0.4, 0.5) is 35.1 Å². The van der Waals surface area contributed by atoms with Crippen molar-refractivity contribution in [3.05, 3.63) is 35.1 Å². The quantitative estimate of drug-likeness (QED) is 0.554. The lowest BCUT2D eigenvalue weighted by Gasteiger charge is -2.24. The summed E-state index contributed by atoms with van der Waals surface area (Å²) in [6.45, 7) is 0. The van der Waals surface area contributed by atoms with Crippen LogP contribution < -0.4 is 0 Å². The molecule has 0 radical (unpaired) electrons. The van der Waals surface area contributed by atoms with E-state index in [9.17, 15) is 35.1 Å². The Kier molecular flexibility index (Phi) is 3.81. The van der Waals surface area contributed by atoms with Crippen molar-refractivity contribution in [3.8, 4) is 0 Å². The van der Waals surface area contributed by atoms with Crippen molar-refractivity contribution in [2.24, 2.45) is 0 Å². The Labute approximate surface area is 100 Å². The molecule has 0 heterocycles. The normalized spacial score (nSPS) is 14.7. The lowest BCUT2D eigenvalue weighted by atomic mass is 10.0. The summed E-state index contributed by atoms with van der Waals surface area (Å²) in [6, 6.07) is -0.0828. The van der Waals surface area contributed by atoms with Gasteiger partial charge < -0.3 is 0 Å². The van der Waals surface area contributed by atoms with Crippen LogP contribution in [0.2, 0.25) is 0 Å². The number of benzene rings is 1. The summed E-state index contributed by atoms with van der Waals surface area (Å²) < 4.78 is 99.9. The highest BCUT2D eigenvalue weighted by molar-refractivity contribution is 6.21. The molecule has 18 heavy (non-hydrogen) atoms. The average molecular weight is 299 g/mol. The molecule has 9 heteroatoms. The number of hydrogen-bond donors (Lipinski definition) is 0. The summed E-state index contributed by atoms with van der Waals surface area (Å²) in [5, 5.41) is -3.34. The first-order valence-electron chi connectivity index (χ1n) is 4.21. The second-order valence-corrected chi connectivity index (χ2v) is 3.70. The van der Waals surface area contributed by atoms with Crippen LogP contribution in [0.15, 0.2) is 12.1 Å². The van der Waals surface area contributed by atoms with Crippen molar-refractivity contribution >= 4 is 11.6 Å². The maximum atomic E-state index is 13.0. The monoisotopic (exact) mass is 298 g/mol. The molecule has 0 nitrogen and oxygen atoms in total. The highest BCUT2D eigenvalue weighted by atomic mass is 35.5. The minimum Gasteiger partial charge on any atom is -0.207 e. The van der Waals surface area contributed by atoms with Crippen LogP contribution >= 0.6 is 11.6 Å². The topological polar surface area (TPSA) is 0 Å². The summed E-state index contributed by atoms with van der Waals surface area (Å²) in [4.78, 5) is 0. The van der Waals surface area contributed by atoms with E-state index in [1.807, 2.05) is 0 Å². The second-order valence-electron chi connectivity index (χ2n) is 3.27. The van der Waals surface area contributed by atoms with Crippen LogP contribution in [-0.4, -0.2) is 12.1 Å². The van der Waals surface area contributed by atoms with E-state index >= 15 is 0 Å². The standard InChI is InChI=1S/C9H3ClF8/c10-7(8(14,15)9(16,17)18)6-4(12)1-3(11)2-5(6)13/h1-2,7H. The Morgan fingerprint density at radius 3 is 1.61 bits per heavy atom. The average Bonchev–Trinajstić information content (AvgIpc) is 2.13. The van der Waals surface area contributed by atoms with Crippen molar-refractivity contribution in [1.82, 2.24) is 0 Å². The van der Waals surface area contributed by atoms with E-state index in [0.29, 0.717) is 0 Å². The fourth-order valence-corrected chi connectivity index (χ4v) is 1.45. The van der Waals surface area contributed by atoms with E-state index in [4.69, 9.17) is 11.6 Å². The van der Waals surface area contributed by atoms with E-state index in [2.05, 4.69) is 0 Å². The molecule has 1 aromatic carbocycles. The molecule has 0 saturated carbocycles. The molecule has 1 aromatic rings. The first-order chi connectivity index (χ1) is 7.98. The van der Waals surface area contributed by atoms with E-state index in [0.717, 1.165) is 0 Å². The van der Waals surface area contributed by atoms with Gasteiger partial charge in [-0.3, -0.25) is 0 Å². The van der Waals surface area contributed by atoms with Gasteiger partial charge >= 0.3 is 12.1 Å². The lowest BCUT2D eigenvalue weighted by molar-refractivity contribution is -0.283. The molecule has 0 saturated heterocycles. The molecule has 0 bridgehead atoms. The van der Waals surface area contributed by atoms with Gasteiger partial charge in [0.25, 0.3) is 0 Å². The molecule has 0 N–H and O–H groups in total. The van der Waals surface area contributed by atoms with Gasteiger partial charge in [-0.2, -0.15) is 22.0 Å². The Hall–Kier alpha value is -1.05. The zero-order valence-electron chi connectivity index (χ0n) is 8.13. The third-order valence-electron chi connectivity index (χ3n) is 1.99. The predicted octanol–water partition coefficient (Wildman–Crippen LogP) is 4.58. The number of halogens is 9. The van der Waals surface area contributed by atoms with Crippen molar-refractivity contribution in [3.63, 3.8) is 0 Å². The van der Waals surface area contributed by atoms with E-state index < -0.39 is 40.5 Å². The molecule has 1 unspecified atom stereocenters. The molecule has 1 rings (SSSR count). The highest BCUT2D eigenvalue weighted by Crippen LogP contribution is 2.48. The van der Waals surface area contributed by atoms with Gasteiger partial charge in [0.2, 0.25) is 0 Å². The first-order valence-corrected chi connectivity index (χ1v) is 4.65. The summed E-state index contributed by atoms with van der Waals surface area (Å²) in [6.07, 6.45) is -6.09. The van der Waals surface area contributed by atoms with Gasteiger partial charge in [-0.05, 0) is 0 Å². The molecule has 1 atom stereocenters. The van der Waals surface area contributed by atoms with Crippen LogP contribution in [0.3, 0.4) is 0 Å². The molecular formula is C9H3ClF8. The van der Waals surface area contributed by atoms with Gasteiger partial charge in [0.05, 0.1) is 0 Å². The Morgan fingerprint density at radius 1 is 0.889 bits per heavy atom. The SMILES string of the molecule is Fc1cc(F)c(C(Cl)C(F)(F)C(F)(F)F)c(F)c1. The molecular weight excluding hydrogens is 296 g/mol. The first kappa shape index (κ1) is 15.0. The van der Waals surface area contributed by atoms with Gasteiger partial charge in [0, 0.05) is 17.7 Å². The Bertz CT molecular complexity index is 429. The van der Waals surface area contributed by atoms with Gasteiger partial charge in [-0.25, -0.2) is 13.2 Å². The van der Waals surface area contributed by atoms with Crippen LogP contribution in [0.1, 0.15) is 10.9 Å². The Morgan fingerprint density at radius 2 is 1.28 bits per heavy atom. The predicted molar refractivity (Wildman–Crippen MR) is 45.9 cm³/mol. The Balaban J connectivity index is 3.32. The number of hydrogen-bond acceptors (Lipinski definition) is 0. The largest absolute Gasteiger partial charge is 0.455 e. The smallest absolute Gasteiger partial charge is 0.207 e.